The molecule has 136 valence electrons. The van der Waals surface area contributed by atoms with Crippen LogP contribution >= 0.6 is 11.6 Å². The van der Waals surface area contributed by atoms with Crippen LogP contribution in [0.1, 0.15) is 6.42 Å². The fourth-order valence-electron chi connectivity index (χ4n) is 3.44. The molecule has 1 unspecified atom stereocenters. The van der Waals surface area contributed by atoms with Crippen molar-refractivity contribution in [2.45, 2.75) is 11.7 Å². The first-order valence-electron chi connectivity index (χ1n) is 8.36. The lowest BCUT2D eigenvalue weighted by Gasteiger charge is -2.18. The Bertz CT molecular complexity index is 1090. The van der Waals surface area contributed by atoms with Gasteiger partial charge in [-0.3, -0.25) is 0 Å². The third kappa shape index (κ3) is 2.95. The van der Waals surface area contributed by atoms with Crippen LogP contribution in [-0.4, -0.2) is 47.5 Å². The number of imidazole rings is 1. The van der Waals surface area contributed by atoms with E-state index in [1.54, 1.807) is 6.20 Å². The molecule has 4 rings (SSSR count). The lowest BCUT2D eigenvalue weighted by Crippen LogP contribution is -2.26. The van der Waals surface area contributed by atoms with Gasteiger partial charge in [0.15, 0.2) is 9.84 Å². The van der Waals surface area contributed by atoms with Gasteiger partial charge in [-0.1, -0.05) is 23.7 Å². The minimum Gasteiger partial charge on any atom is -0.355 e. The Morgan fingerprint density at radius 1 is 1.27 bits per heavy atom. The molecule has 1 aliphatic rings. The van der Waals surface area contributed by atoms with Crippen molar-refractivity contribution in [2.75, 3.05) is 24.2 Å². The Morgan fingerprint density at radius 3 is 2.73 bits per heavy atom. The molecule has 0 saturated carbocycles. The standard InChI is InChI=1S/C18H19ClN4O2S/c1-22-16-6-4-3-5-15(16)21-18(22)13-9-17(20-10-14(13)19)23-8-7-12(11-23)26(2,24)25/h3-6,9-10,12H,7-8,11H2,1-2H3. The Labute approximate surface area is 157 Å². The van der Waals surface area contributed by atoms with E-state index in [-0.39, 0.29) is 5.25 Å². The number of benzene rings is 1. The number of rotatable bonds is 3. The summed E-state index contributed by atoms with van der Waals surface area (Å²) in [5.41, 5.74) is 2.71. The van der Waals surface area contributed by atoms with Crippen molar-refractivity contribution < 1.29 is 8.42 Å². The van der Waals surface area contributed by atoms with Gasteiger partial charge in [-0.2, -0.15) is 0 Å². The zero-order valence-corrected chi connectivity index (χ0v) is 16.1. The molecule has 2 aromatic heterocycles. The monoisotopic (exact) mass is 390 g/mol. The zero-order chi connectivity index (χ0) is 18.5. The van der Waals surface area contributed by atoms with Gasteiger partial charge in [-0.05, 0) is 24.6 Å². The van der Waals surface area contributed by atoms with Gasteiger partial charge < -0.3 is 9.47 Å². The van der Waals surface area contributed by atoms with Gasteiger partial charge in [0.1, 0.15) is 11.6 Å². The van der Waals surface area contributed by atoms with Gasteiger partial charge in [0.2, 0.25) is 0 Å². The Kier molecular flexibility index (Phi) is 4.16. The third-order valence-electron chi connectivity index (χ3n) is 4.94. The first-order valence-corrected chi connectivity index (χ1v) is 10.7. The zero-order valence-electron chi connectivity index (χ0n) is 14.6. The van der Waals surface area contributed by atoms with E-state index in [9.17, 15) is 8.42 Å². The minimum atomic E-state index is -3.05. The molecule has 8 heteroatoms. The number of pyridine rings is 1. The number of nitrogens with zero attached hydrogens (tertiary/aromatic N) is 4. The third-order valence-corrected chi connectivity index (χ3v) is 6.84. The van der Waals surface area contributed by atoms with E-state index in [1.165, 1.54) is 6.26 Å². The van der Waals surface area contributed by atoms with E-state index in [1.807, 2.05) is 46.8 Å². The number of sulfone groups is 1. The van der Waals surface area contributed by atoms with Gasteiger partial charge in [-0.25, -0.2) is 18.4 Å². The number of hydrogen-bond acceptors (Lipinski definition) is 5. The molecule has 0 bridgehead atoms. The topological polar surface area (TPSA) is 68.1 Å². The van der Waals surface area contributed by atoms with E-state index in [0.29, 0.717) is 24.5 Å². The highest BCUT2D eigenvalue weighted by molar-refractivity contribution is 7.91. The normalized spacial score (nSPS) is 18.0. The van der Waals surface area contributed by atoms with Crippen LogP contribution in [0.4, 0.5) is 5.82 Å². The van der Waals surface area contributed by atoms with Gasteiger partial charge in [-0.15, -0.1) is 0 Å². The quantitative estimate of drug-likeness (QED) is 0.687. The molecule has 0 spiro atoms. The summed E-state index contributed by atoms with van der Waals surface area (Å²) in [6, 6.07) is 9.80. The molecule has 0 N–H and O–H groups in total. The van der Waals surface area contributed by atoms with Crippen molar-refractivity contribution in [1.82, 2.24) is 14.5 Å². The number of para-hydroxylation sites is 2. The average molecular weight is 391 g/mol. The maximum absolute atomic E-state index is 11.8. The second-order valence-corrected chi connectivity index (χ2v) is 9.42. The maximum atomic E-state index is 11.8. The molecular weight excluding hydrogens is 372 g/mol. The number of fused-ring (bicyclic) bond motifs is 1. The predicted molar refractivity (Wildman–Crippen MR) is 104 cm³/mol. The molecule has 1 aromatic carbocycles. The minimum absolute atomic E-state index is 0.348. The van der Waals surface area contributed by atoms with Crippen LogP contribution in [0, 0.1) is 0 Å². The first-order chi connectivity index (χ1) is 12.3. The van der Waals surface area contributed by atoms with Gasteiger partial charge in [0.05, 0.1) is 21.3 Å². The van der Waals surface area contributed by atoms with E-state index in [0.717, 1.165) is 28.2 Å². The summed E-state index contributed by atoms with van der Waals surface area (Å²) >= 11 is 6.41. The summed E-state index contributed by atoms with van der Waals surface area (Å²) in [6.07, 6.45) is 3.52. The summed E-state index contributed by atoms with van der Waals surface area (Å²) in [4.78, 5) is 11.1. The smallest absolute Gasteiger partial charge is 0.152 e. The van der Waals surface area contributed by atoms with E-state index in [2.05, 4.69) is 4.98 Å². The fourth-order valence-corrected chi connectivity index (χ4v) is 4.62. The molecule has 6 nitrogen and oxygen atoms in total. The van der Waals surface area contributed by atoms with Crippen LogP contribution < -0.4 is 4.90 Å². The number of aromatic nitrogens is 3. The van der Waals surface area contributed by atoms with Crippen molar-refractivity contribution in [2.24, 2.45) is 7.05 Å². The second kappa shape index (κ2) is 6.25. The van der Waals surface area contributed by atoms with Crippen molar-refractivity contribution in [3.63, 3.8) is 0 Å². The van der Waals surface area contributed by atoms with Crippen LogP contribution in [0.15, 0.2) is 36.5 Å². The van der Waals surface area contributed by atoms with E-state index in [4.69, 9.17) is 16.6 Å². The second-order valence-electron chi connectivity index (χ2n) is 6.69. The average Bonchev–Trinajstić information content (AvgIpc) is 3.21. The van der Waals surface area contributed by atoms with Crippen molar-refractivity contribution >= 4 is 38.3 Å². The highest BCUT2D eigenvalue weighted by Gasteiger charge is 2.31. The summed E-state index contributed by atoms with van der Waals surface area (Å²) in [6.45, 7) is 1.11. The molecule has 0 aliphatic carbocycles. The lowest BCUT2D eigenvalue weighted by molar-refractivity contribution is 0.589. The lowest BCUT2D eigenvalue weighted by atomic mass is 10.2. The Morgan fingerprint density at radius 2 is 2.04 bits per heavy atom. The molecule has 1 aliphatic heterocycles. The highest BCUT2D eigenvalue weighted by Crippen LogP contribution is 2.33. The molecule has 1 fully saturated rings. The predicted octanol–water partition coefficient (Wildman–Crippen LogP) is 2.91. The number of hydrogen-bond donors (Lipinski definition) is 0. The molecule has 26 heavy (non-hydrogen) atoms. The van der Waals surface area contributed by atoms with Gasteiger partial charge in [0, 0.05) is 38.2 Å². The molecule has 0 amide bonds. The Hall–Kier alpha value is -2.12. The SMILES string of the molecule is Cn1c(-c2cc(N3CCC(S(C)(=O)=O)C3)ncc2Cl)nc2ccccc21. The summed E-state index contributed by atoms with van der Waals surface area (Å²) in [7, 11) is -1.09. The highest BCUT2D eigenvalue weighted by atomic mass is 35.5. The first kappa shape index (κ1) is 17.3. The van der Waals surface area contributed by atoms with E-state index < -0.39 is 9.84 Å². The number of anilines is 1. The van der Waals surface area contributed by atoms with Crippen LogP contribution in [-0.2, 0) is 16.9 Å². The molecule has 0 radical (unpaired) electrons. The number of halogens is 1. The molecule has 3 aromatic rings. The summed E-state index contributed by atoms with van der Waals surface area (Å²) < 4.78 is 25.6. The van der Waals surface area contributed by atoms with Gasteiger partial charge in [0.25, 0.3) is 0 Å². The number of aryl methyl sites for hydroxylation is 1. The largest absolute Gasteiger partial charge is 0.355 e. The fraction of sp³-hybridized carbons (Fsp3) is 0.333. The summed E-state index contributed by atoms with van der Waals surface area (Å²) in [5.74, 6) is 1.49. The molecule has 3 heterocycles. The summed E-state index contributed by atoms with van der Waals surface area (Å²) in [5, 5.41) is 0.171. The Balaban J connectivity index is 1.74. The van der Waals surface area contributed by atoms with Crippen molar-refractivity contribution in [3.8, 4) is 11.4 Å². The van der Waals surface area contributed by atoms with Crippen molar-refractivity contribution in [1.29, 1.82) is 0 Å². The van der Waals surface area contributed by atoms with Crippen LogP contribution in [0.25, 0.3) is 22.4 Å². The van der Waals surface area contributed by atoms with E-state index >= 15 is 0 Å². The molecule has 1 saturated heterocycles. The molecule has 1 atom stereocenters. The van der Waals surface area contributed by atoms with Gasteiger partial charge >= 0.3 is 0 Å². The van der Waals surface area contributed by atoms with Crippen LogP contribution in [0.5, 0.6) is 0 Å². The maximum Gasteiger partial charge on any atom is 0.152 e. The van der Waals surface area contributed by atoms with Crippen LogP contribution in [0.2, 0.25) is 5.02 Å². The van der Waals surface area contributed by atoms with Crippen LogP contribution in [0.3, 0.4) is 0 Å². The molecular formula is C18H19ClN4O2S. The van der Waals surface area contributed by atoms with Crippen molar-refractivity contribution in [3.05, 3.63) is 41.6 Å².